The SMILES string of the molecule is CN[C@@H]1CCCO1. The molecule has 1 fully saturated rings. The van der Waals surface area contributed by atoms with Gasteiger partial charge in [0, 0.05) is 6.61 Å². The second-order valence-electron chi connectivity index (χ2n) is 1.79. The molecule has 0 bridgehead atoms. The molecule has 0 saturated carbocycles. The lowest BCUT2D eigenvalue weighted by Crippen LogP contribution is -2.22. The number of rotatable bonds is 1. The highest BCUT2D eigenvalue weighted by atomic mass is 16.5. The second kappa shape index (κ2) is 2.28. The Balaban J connectivity index is 2.14. The fourth-order valence-corrected chi connectivity index (χ4v) is 0.805. The molecule has 0 unspecified atom stereocenters. The van der Waals surface area contributed by atoms with E-state index in [2.05, 4.69) is 5.32 Å². The molecule has 0 spiro atoms. The zero-order chi connectivity index (χ0) is 5.11. The molecule has 1 aliphatic heterocycles. The van der Waals surface area contributed by atoms with E-state index in [1.807, 2.05) is 7.05 Å². The van der Waals surface area contributed by atoms with Crippen molar-refractivity contribution in [1.82, 2.24) is 5.32 Å². The van der Waals surface area contributed by atoms with Gasteiger partial charge < -0.3 is 4.74 Å². The van der Waals surface area contributed by atoms with Gasteiger partial charge in [0.15, 0.2) is 0 Å². The van der Waals surface area contributed by atoms with Crippen molar-refractivity contribution >= 4 is 0 Å². The molecule has 0 aromatic heterocycles. The Morgan fingerprint density at radius 2 is 2.57 bits per heavy atom. The summed E-state index contributed by atoms with van der Waals surface area (Å²) in [6, 6.07) is 0. The van der Waals surface area contributed by atoms with Crippen LogP contribution in [0.15, 0.2) is 0 Å². The first-order valence-electron chi connectivity index (χ1n) is 2.72. The molecule has 1 N–H and O–H groups in total. The molecule has 1 atom stereocenters. The molecule has 0 aromatic rings. The first-order valence-corrected chi connectivity index (χ1v) is 2.72. The first kappa shape index (κ1) is 5.06. The van der Waals surface area contributed by atoms with Gasteiger partial charge in [-0.15, -0.1) is 0 Å². The van der Waals surface area contributed by atoms with Crippen LogP contribution >= 0.6 is 0 Å². The zero-order valence-corrected chi connectivity index (χ0v) is 4.61. The van der Waals surface area contributed by atoms with Crippen molar-refractivity contribution in [1.29, 1.82) is 0 Å². The Kier molecular flexibility index (Phi) is 1.65. The van der Waals surface area contributed by atoms with Crippen molar-refractivity contribution in [2.45, 2.75) is 19.1 Å². The Bertz CT molecular complexity index is 50.0. The van der Waals surface area contributed by atoms with E-state index < -0.39 is 0 Å². The molecule has 7 heavy (non-hydrogen) atoms. The van der Waals surface area contributed by atoms with E-state index >= 15 is 0 Å². The van der Waals surface area contributed by atoms with E-state index in [1.54, 1.807) is 0 Å². The van der Waals surface area contributed by atoms with Crippen LogP contribution in [0, 0.1) is 0 Å². The second-order valence-corrected chi connectivity index (χ2v) is 1.79. The first-order chi connectivity index (χ1) is 3.43. The van der Waals surface area contributed by atoms with Crippen LogP contribution in [0.25, 0.3) is 0 Å². The third-order valence-corrected chi connectivity index (χ3v) is 1.25. The predicted molar refractivity (Wildman–Crippen MR) is 28.0 cm³/mol. The van der Waals surface area contributed by atoms with Crippen LogP contribution in [0.3, 0.4) is 0 Å². The number of hydrogen-bond donors (Lipinski definition) is 1. The molecule has 0 amide bonds. The van der Waals surface area contributed by atoms with Crippen LogP contribution in [0.4, 0.5) is 0 Å². The lowest BCUT2D eigenvalue weighted by Gasteiger charge is -2.04. The number of ether oxygens (including phenoxy) is 1. The summed E-state index contributed by atoms with van der Waals surface area (Å²) in [6.45, 7) is 0.936. The Morgan fingerprint density at radius 3 is 2.86 bits per heavy atom. The van der Waals surface area contributed by atoms with E-state index in [4.69, 9.17) is 4.74 Å². The summed E-state index contributed by atoms with van der Waals surface area (Å²) >= 11 is 0. The van der Waals surface area contributed by atoms with Crippen molar-refractivity contribution in [3.8, 4) is 0 Å². The Hall–Kier alpha value is -0.0800. The average molecular weight is 101 g/mol. The van der Waals surface area contributed by atoms with Crippen molar-refractivity contribution in [3.63, 3.8) is 0 Å². The Morgan fingerprint density at radius 1 is 1.71 bits per heavy atom. The van der Waals surface area contributed by atoms with Crippen LogP contribution in [0.2, 0.25) is 0 Å². The van der Waals surface area contributed by atoms with Crippen molar-refractivity contribution < 1.29 is 4.74 Å². The third-order valence-electron chi connectivity index (χ3n) is 1.25. The minimum atomic E-state index is 0.347. The van der Waals surface area contributed by atoms with Crippen LogP contribution in [0.1, 0.15) is 12.8 Å². The molecule has 1 saturated heterocycles. The van der Waals surface area contributed by atoms with Gasteiger partial charge in [-0.3, -0.25) is 5.32 Å². The summed E-state index contributed by atoms with van der Waals surface area (Å²) in [5, 5.41) is 3.04. The summed E-state index contributed by atoms with van der Waals surface area (Å²) < 4.78 is 5.19. The standard InChI is InChI=1S/C5H11NO/c1-6-5-3-2-4-7-5/h5-6H,2-4H2,1H3/t5-/m0/s1. The molecule has 0 aromatic carbocycles. The highest BCUT2D eigenvalue weighted by molar-refractivity contribution is 4.58. The van der Waals surface area contributed by atoms with Gasteiger partial charge in [0.1, 0.15) is 6.23 Å². The summed E-state index contributed by atoms with van der Waals surface area (Å²) in [4.78, 5) is 0. The molecule has 2 nitrogen and oxygen atoms in total. The van der Waals surface area contributed by atoms with Crippen molar-refractivity contribution in [2.75, 3.05) is 13.7 Å². The number of nitrogens with one attached hydrogen (secondary N) is 1. The molecule has 1 heterocycles. The van der Waals surface area contributed by atoms with Gasteiger partial charge in [0.2, 0.25) is 0 Å². The van der Waals surface area contributed by atoms with E-state index in [-0.39, 0.29) is 0 Å². The topological polar surface area (TPSA) is 21.3 Å². The molecule has 0 radical (unpaired) electrons. The van der Waals surface area contributed by atoms with Gasteiger partial charge in [-0.2, -0.15) is 0 Å². The van der Waals surface area contributed by atoms with Crippen LogP contribution in [-0.4, -0.2) is 19.9 Å². The highest BCUT2D eigenvalue weighted by Crippen LogP contribution is 2.07. The maximum atomic E-state index is 5.19. The van der Waals surface area contributed by atoms with Gasteiger partial charge in [0.05, 0.1) is 0 Å². The molecule has 1 aliphatic rings. The summed E-state index contributed by atoms with van der Waals surface area (Å²) in [7, 11) is 1.93. The molecule has 2 heteroatoms. The molecular formula is C5H11NO. The van der Waals surface area contributed by atoms with Crippen molar-refractivity contribution in [3.05, 3.63) is 0 Å². The van der Waals surface area contributed by atoms with E-state index in [9.17, 15) is 0 Å². The minimum Gasteiger partial charge on any atom is -0.363 e. The van der Waals surface area contributed by atoms with Crippen LogP contribution < -0.4 is 5.32 Å². The molecule has 0 aliphatic carbocycles. The van der Waals surface area contributed by atoms with E-state index in [0.29, 0.717) is 6.23 Å². The van der Waals surface area contributed by atoms with Crippen LogP contribution in [-0.2, 0) is 4.74 Å². The predicted octanol–water partition coefficient (Wildman–Crippen LogP) is 0.342. The lowest BCUT2D eigenvalue weighted by molar-refractivity contribution is 0.0908. The summed E-state index contributed by atoms with van der Waals surface area (Å²) in [6.07, 6.45) is 2.74. The van der Waals surface area contributed by atoms with Gasteiger partial charge in [0.25, 0.3) is 0 Å². The zero-order valence-electron chi connectivity index (χ0n) is 4.61. The van der Waals surface area contributed by atoms with Gasteiger partial charge >= 0.3 is 0 Å². The minimum absolute atomic E-state index is 0.347. The van der Waals surface area contributed by atoms with Crippen LogP contribution in [0.5, 0.6) is 0 Å². The van der Waals surface area contributed by atoms with E-state index in [1.165, 1.54) is 12.8 Å². The largest absolute Gasteiger partial charge is 0.363 e. The van der Waals surface area contributed by atoms with Crippen molar-refractivity contribution in [2.24, 2.45) is 0 Å². The monoisotopic (exact) mass is 101 g/mol. The van der Waals surface area contributed by atoms with E-state index in [0.717, 1.165) is 6.61 Å². The average Bonchev–Trinajstić information content (AvgIpc) is 2.14. The normalized spacial score (nSPS) is 31.3. The maximum Gasteiger partial charge on any atom is 0.107 e. The molecular weight excluding hydrogens is 90.1 g/mol. The highest BCUT2D eigenvalue weighted by Gasteiger charge is 2.10. The molecule has 42 valence electrons. The summed E-state index contributed by atoms with van der Waals surface area (Å²) in [5.41, 5.74) is 0. The summed E-state index contributed by atoms with van der Waals surface area (Å²) in [5.74, 6) is 0. The number of hydrogen-bond acceptors (Lipinski definition) is 2. The molecule has 1 rings (SSSR count). The fourth-order valence-electron chi connectivity index (χ4n) is 0.805. The smallest absolute Gasteiger partial charge is 0.107 e. The quantitative estimate of drug-likeness (QED) is 0.514. The lowest BCUT2D eigenvalue weighted by atomic mass is 10.3. The Labute approximate surface area is 43.9 Å². The maximum absolute atomic E-state index is 5.19. The fraction of sp³-hybridized carbons (Fsp3) is 1.00. The van der Waals surface area contributed by atoms with Gasteiger partial charge in [-0.05, 0) is 19.9 Å². The van der Waals surface area contributed by atoms with Gasteiger partial charge in [-0.1, -0.05) is 0 Å². The van der Waals surface area contributed by atoms with Gasteiger partial charge in [-0.25, -0.2) is 0 Å². The third kappa shape index (κ3) is 1.14.